The highest BCUT2D eigenvalue weighted by atomic mass is 127. The van der Waals surface area contributed by atoms with E-state index in [1.54, 1.807) is 22.9 Å². The van der Waals surface area contributed by atoms with Crippen molar-refractivity contribution in [1.82, 2.24) is 25.6 Å². The third-order valence-corrected chi connectivity index (χ3v) is 13.5. The first kappa shape index (κ1) is 56.7. The van der Waals surface area contributed by atoms with E-state index < -0.39 is 29.5 Å². The van der Waals surface area contributed by atoms with Gasteiger partial charge in [-0.25, -0.2) is 9.48 Å². The second kappa shape index (κ2) is 30.0. The number of hydrogen-bond acceptors (Lipinski definition) is 15. The number of nitrogens with two attached hydrogens (primary N) is 2. The number of benzene rings is 2. The number of rotatable bonds is 28. The van der Waals surface area contributed by atoms with E-state index in [1.807, 2.05) is 56.9 Å². The maximum Gasteiger partial charge on any atom is 0.412 e. The molecule has 2 aliphatic heterocycles. The lowest BCUT2D eigenvalue weighted by Gasteiger charge is -2.20. The van der Waals surface area contributed by atoms with E-state index in [1.165, 1.54) is 0 Å². The van der Waals surface area contributed by atoms with Gasteiger partial charge in [-0.1, -0.05) is 33.6 Å². The van der Waals surface area contributed by atoms with E-state index in [2.05, 4.69) is 64.8 Å². The Morgan fingerprint density at radius 1 is 1.00 bits per heavy atom. The first-order valence-electron chi connectivity index (χ1n) is 22.7. The van der Waals surface area contributed by atoms with Crippen molar-refractivity contribution < 1.29 is 52.8 Å². The van der Waals surface area contributed by atoms with Crippen LogP contribution in [0.25, 0.3) is 0 Å². The Balaban J connectivity index is 0.000000532. The lowest BCUT2D eigenvalue weighted by molar-refractivity contribution is -0.138. The number of aliphatic carboxylic acids is 1. The molecule has 0 spiro atoms. The van der Waals surface area contributed by atoms with Gasteiger partial charge in [0.15, 0.2) is 5.78 Å². The van der Waals surface area contributed by atoms with Gasteiger partial charge in [-0.3, -0.25) is 24.5 Å². The number of Topliss-reactive ketones (excluding diaryl/α,β-unsaturated/α-hetero) is 1. The Morgan fingerprint density at radius 2 is 1.74 bits per heavy atom. The average Bonchev–Trinajstić information content (AvgIpc) is 3.99. The molecule has 4 atom stereocenters. The topological polar surface area (TPSA) is 271 Å². The lowest BCUT2D eigenvalue weighted by atomic mass is 9.94. The zero-order chi connectivity index (χ0) is 49.5. The number of amides is 3. The Hall–Kier alpha value is -3.91. The van der Waals surface area contributed by atoms with Crippen molar-refractivity contribution in [2.45, 2.75) is 108 Å². The zero-order valence-electron chi connectivity index (χ0n) is 39.0. The van der Waals surface area contributed by atoms with Crippen molar-refractivity contribution in [2.24, 2.45) is 11.7 Å². The summed E-state index contributed by atoms with van der Waals surface area (Å²) in [5.41, 5.74) is 14.0. The molecule has 2 saturated heterocycles. The fraction of sp³-hybridized carbons (Fsp3) is 0.587. The normalized spacial score (nSPS) is 16.9. The number of carboxylic acid groups (broad SMARTS) is 1. The number of anilines is 2. The van der Waals surface area contributed by atoms with Crippen molar-refractivity contribution in [1.29, 1.82) is 0 Å². The number of ether oxygens (including phenoxy) is 5. The summed E-state index contributed by atoms with van der Waals surface area (Å²) in [6, 6.07) is 9.88. The van der Waals surface area contributed by atoms with Gasteiger partial charge in [0, 0.05) is 74.7 Å². The number of carboxylic acids is 1. The predicted molar refractivity (Wildman–Crippen MR) is 270 cm³/mol. The number of unbranched alkanes of at least 4 members (excludes halogenated alkanes) is 1. The number of aryl methyl sites for hydroxylation is 1. The Kier molecular flexibility index (Phi) is 25.0. The molecule has 1 aromatic heterocycles. The van der Waals surface area contributed by atoms with Gasteiger partial charge in [0.25, 0.3) is 0 Å². The molecule has 0 radical (unpaired) electrons. The summed E-state index contributed by atoms with van der Waals surface area (Å²) in [7, 11) is 0. The van der Waals surface area contributed by atoms with Crippen molar-refractivity contribution in [3.63, 3.8) is 0 Å². The van der Waals surface area contributed by atoms with Crippen LogP contribution in [0, 0.1) is 9.49 Å². The van der Waals surface area contributed by atoms with E-state index in [4.69, 9.17) is 40.3 Å². The molecule has 0 unspecified atom stereocenters. The summed E-state index contributed by atoms with van der Waals surface area (Å²) in [4.78, 5) is 58.4. The molecular weight excluding hydrogens is 1080 g/mol. The molecule has 3 aromatic rings. The van der Waals surface area contributed by atoms with Gasteiger partial charge in [0.05, 0.1) is 64.7 Å². The minimum atomic E-state index is -1.26. The number of thioether (sulfide) groups is 1. The number of carbonyl (C=O) groups excluding carboxylic acids is 4. The predicted octanol–water partition coefficient (Wildman–Crippen LogP) is 5.74. The molecule has 2 aliphatic rings. The third kappa shape index (κ3) is 21.8. The van der Waals surface area contributed by atoms with Crippen LogP contribution >= 0.6 is 50.3 Å². The molecule has 68 heavy (non-hydrogen) atoms. The van der Waals surface area contributed by atoms with Gasteiger partial charge >= 0.3 is 12.1 Å². The van der Waals surface area contributed by atoms with E-state index >= 15 is 0 Å². The van der Waals surface area contributed by atoms with Gasteiger partial charge < -0.3 is 50.9 Å². The number of nitrogens with one attached hydrogen (secondary N) is 3. The highest BCUT2D eigenvalue weighted by Gasteiger charge is 2.42. The van der Waals surface area contributed by atoms with Gasteiger partial charge in [0.2, 0.25) is 11.8 Å². The number of hydrogen-bond donors (Lipinski definition) is 6. The van der Waals surface area contributed by atoms with Crippen LogP contribution in [-0.2, 0) is 57.6 Å². The number of aromatic nitrogens is 3. The molecule has 0 bridgehead atoms. The molecular formula is C46H66BrIN8O11S. The lowest BCUT2D eigenvalue weighted by Crippen LogP contribution is -2.32. The van der Waals surface area contributed by atoms with Crippen LogP contribution in [0.4, 0.5) is 16.2 Å². The maximum atomic E-state index is 12.3. The Bertz CT molecular complexity index is 2090. The summed E-state index contributed by atoms with van der Waals surface area (Å²) in [6.45, 7) is 10.0. The van der Waals surface area contributed by atoms with Crippen LogP contribution in [0.15, 0.2) is 47.1 Å². The molecule has 3 heterocycles. The summed E-state index contributed by atoms with van der Waals surface area (Å²) in [5, 5.41) is 26.3. The van der Waals surface area contributed by atoms with Crippen molar-refractivity contribution in [3.8, 4) is 0 Å². The summed E-state index contributed by atoms with van der Waals surface area (Å²) in [6.07, 6.45) is 6.58. The van der Waals surface area contributed by atoms with Crippen LogP contribution < -0.4 is 27.4 Å². The van der Waals surface area contributed by atoms with Crippen LogP contribution in [0.1, 0.15) is 87.3 Å². The number of fused-ring (bicyclic) bond motifs is 1. The molecule has 19 nitrogen and oxygen atoms in total. The maximum absolute atomic E-state index is 12.3. The van der Waals surface area contributed by atoms with Crippen LogP contribution in [0.5, 0.6) is 0 Å². The quantitative estimate of drug-likeness (QED) is 0.0219. The SMILES string of the molecule is CC(C)(C)OC(=O)Nc1cc(Br)ccc1I.Nc1cc(CCCOCc2cn(CCOCCOCCOCCNC(=O)CCCC[C@@H]3SC[C@@H]4NC(=O)C[C@@H]43)nn2)ccc1C(=O)C[C@H](N)C(=O)O. The van der Waals surface area contributed by atoms with Crippen LogP contribution in [0.2, 0.25) is 0 Å². The standard InChI is InChI=1S/C35H53N7O9S.C11H13BrINO2/c36-28-18-24(7-8-26(28)31(43)20-29(37)35(46)47)4-3-11-51-22-25-21-42(41-40-25)10-13-49-15-17-50-16-14-48-12-9-38-33(44)6-2-1-5-32-27-19-34(45)39-30(27)23-52-32;1-11(2,3)16-10(15)14-9-6-7(12)4-5-8(9)13/h7-8,18,21,27,29-30,32H,1-6,9-17,19-20,22-23,36-37H2,(H,38,44)(H,39,45)(H,46,47);4-6H,1-3H3,(H,14,15)/t27-,29-,30-,32-;/m0./s1. The van der Waals surface area contributed by atoms with E-state index in [0.717, 1.165) is 50.7 Å². The minimum Gasteiger partial charge on any atom is -0.480 e. The second-order valence-corrected chi connectivity index (χ2v) is 20.6. The Morgan fingerprint density at radius 3 is 2.46 bits per heavy atom. The minimum absolute atomic E-state index is 0.0435. The van der Waals surface area contributed by atoms with Gasteiger partial charge in [-0.2, -0.15) is 11.8 Å². The molecule has 0 saturated carbocycles. The number of halogens is 2. The molecule has 5 rings (SSSR count). The molecule has 8 N–H and O–H groups in total. The number of carbonyl (C=O) groups is 5. The van der Waals surface area contributed by atoms with Gasteiger partial charge in [0.1, 0.15) is 17.3 Å². The largest absolute Gasteiger partial charge is 0.480 e. The molecule has 0 aliphatic carbocycles. The highest BCUT2D eigenvalue weighted by Crippen LogP contribution is 2.40. The molecule has 3 amide bonds. The third-order valence-electron chi connectivity index (χ3n) is 10.5. The molecule has 376 valence electrons. The summed E-state index contributed by atoms with van der Waals surface area (Å²) < 4.78 is 31.1. The monoisotopic (exact) mass is 1140 g/mol. The van der Waals surface area contributed by atoms with Crippen molar-refractivity contribution in [2.75, 3.05) is 69.6 Å². The number of nitrogen functional groups attached to an aromatic ring is 1. The van der Waals surface area contributed by atoms with E-state index in [-0.39, 0.29) is 23.8 Å². The summed E-state index contributed by atoms with van der Waals surface area (Å²) in [5.74, 6) is 0.0648. The fourth-order valence-corrected chi connectivity index (χ4v) is 9.59. The fourth-order valence-electron chi connectivity index (χ4n) is 7.11. The van der Waals surface area contributed by atoms with Gasteiger partial charge in [-0.05, 0) is 105 Å². The smallest absolute Gasteiger partial charge is 0.412 e. The molecule has 2 fully saturated rings. The zero-order valence-corrected chi connectivity index (χ0v) is 43.5. The highest BCUT2D eigenvalue weighted by molar-refractivity contribution is 14.1. The summed E-state index contributed by atoms with van der Waals surface area (Å²) >= 11 is 7.46. The van der Waals surface area contributed by atoms with Crippen molar-refractivity contribution in [3.05, 3.63) is 67.5 Å². The number of ketones is 1. The average molecular weight is 1150 g/mol. The number of nitrogens with zero attached hydrogens (tertiary/aromatic N) is 3. The van der Waals surface area contributed by atoms with E-state index in [0.29, 0.717) is 114 Å². The van der Waals surface area contributed by atoms with Crippen molar-refractivity contribution >= 4 is 91.3 Å². The van der Waals surface area contributed by atoms with E-state index in [9.17, 15) is 24.0 Å². The second-order valence-electron chi connectivity index (χ2n) is 17.2. The first-order valence-corrected chi connectivity index (χ1v) is 25.6. The Labute approximate surface area is 424 Å². The molecule has 22 heteroatoms. The van der Waals surface area contributed by atoms with Crippen LogP contribution in [0.3, 0.4) is 0 Å². The molecule has 2 aromatic carbocycles. The van der Waals surface area contributed by atoms with Crippen LogP contribution in [-0.4, -0.2) is 131 Å². The first-order chi connectivity index (χ1) is 32.5. The van der Waals surface area contributed by atoms with Gasteiger partial charge in [-0.15, -0.1) is 5.10 Å².